The van der Waals surface area contributed by atoms with Gasteiger partial charge in [-0.2, -0.15) is 0 Å². The van der Waals surface area contributed by atoms with Crippen LogP contribution in [0.2, 0.25) is 0 Å². The molecule has 2 unspecified atom stereocenters. The van der Waals surface area contributed by atoms with Gasteiger partial charge in [0.15, 0.2) is 0 Å². The van der Waals surface area contributed by atoms with Crippen LogP contribution in [0.25, 0.3) is 0 Å². The molecule has 2 N–H and O–H groups in total. The molecule has 1 aliphatic carbocycles. The molecule has 0 spiro atoms. The zero-order valence-corrected chi connectivity index (χ0v) is 8.96. The fourth-order valence-electron chi connectivity index (χ4n) is 2.06. The van der Waals surface area contributed by atoms with Crippen LogP contribution in [0.4, 0.5) is 0 Å². The van der Waals surface area contributed by atoms with Crippen molar-refractivity contribution >= 4 is 0 Å². The lowest BCUT2D eigenvalue weighted by Gasteiger charge is -2.31. The van der Waals surface area contributed by atoms with Crippen LogP contribution in [0.1, 0.15) is 45.4 Å². The maximum atomic E-state index is 6.10. The largest absolute Gasteiger partial charge is 0.380 e. The molecule has 0 heterocycles. The monoisotopic (exact) mass is 185 g/mol. The molecule has 0 saturated heterocycles. The quantitative estimate of drug-likeness (QED) is 0.689. The average molecular weight is 185 g/mol. The highest BCUT2D eigenvalue weighted by Gasteiger charge is 2.24. The molecule has 0 aromatic heterocycles. The third-order valence-corrected chi connectivity index (χ3v) is 3.18. The van der Waals surface area contributed by atoms with Crippen LogP contribution in [-0.4, -0.2) is 19.3 Å². The Labute approximate surface area is 81.8 Å². The third-order valence-electron chi connectivity index (χ3n) is 3.18. The minimum atomic E-state index is 0.259. The zero-order chi connectivity index (χ0) is 9.68. The van der Waals surface area contributed by atoms with Gasteiger partial charge in [0.05, 0.1) is 6.10 Å². The van der Waals surface area contributed by atoms with Gasteiger partial charge in [-0.15, -0.1) is 0 Å². The van der Waals surface area contributed by atoms with Gasteiger partial charge in [-0.05, 0) is 18.8 Å². The lowest BCUT2D eigenvalue weighted by molar-refractivity contribution is 0.0599. The number of hydrogen-bond acceptors (Lipinski definition) is 2. The molecule has 1 saturated carbocycles. The standard InChI is InChI=1S/C11H23NO/c1-3-5-11(13-2)10(12)8-9-6-4-7-9/h9-11H,3-8,12H2,1-2H3. The Balaban J connectivity index is 2.20. The Bertz CT molecular complexity index is 134. The van der Waals surface area contributed by atoms with Crippen molar-refractivity contribution in [1.82, 2.24) is 0 Å². The predicted molar refractivity (Wildman–Crippen MR) is 55.6 cm³/mol. The molecule has 2 atom stereocenters. The molecule has 2 heteroatoms. The van der Waals surface area contributed by atoms with E-state index in [0.717, 1.165) is 18.8 Å². The van der Waals surface area contributed by atoms with E-state index in [2.05, 4.69) is 6.92 Å². The zero-order valence-electron chi connectivity index (χ0n) is 8.96. The topological polar surface area (TPSA) is 35.2 Å². The molecule has 1 rings (SSSR count). The molecule has 1 fully saturated rings. The van der Waals surface area contributed by atoms with E-state index < -0.39 is 0 Å². The number of methoxy groups -OCH3 is 1. The first kappa shape index (κ1) is 11.0. The van der Waals surface area contributed by atoms with Gasteiger partial charge in [-0.3, -0.25) is 0 Å². The van der Waals surface area contributed by atoms with Gasteiger partial charge in [0.1, 0.15) is 0 Å². The second kappa shape index (κ2) is 5.61. The van der Waals surface area contributed by atoms with Gasteiger partial charge in [-0.1, -0.05) is 32.6 Å². The molecule has 0 aromatic rings. The summed E-state index contributed by atoms with van der Waals surface area (Å²) in [6.07, 6.45) is 7.89. The molecule has 78 valence electrons. The molecule has 0 amide bonds. The second-order valence-electron chi connectivity index (χ2n) is 4.26. The van der Waals surface area contributed by atoms with Crippen molar-refractivity contribution in [1.29, 1.82) is 0 Å². The van der Waals surface area contributed by atoms with E-state index in [9.17, 15) is 0 Å². The number of nitrogens with two attached hydrogens (primary N) is 1. The molecule has 0 aliphatic heterocycles. The second-order valence-corrected chi connectivity index (χ2v) is 4.26. The molecule has 1 aliphatic rings. The van der Waals surface area contributed by atoms with E-state index in [1.165, 1.54) is 25.7 Å². The van der Waals surface area contributed by atoms with Gasteiger partial charge in [0.2, 0.25) is 0 Å². The van der Waals surface area contributed by atoms with Gasteiger partial charge < -0.3 is 10.5 Å². The number of rotatable bonds is 6. The first-order valence-electron chi connectivity index (χ1n) is 5.56. The highest BCUT2D eigenvalue weighted by Crippen LogP contribution is 2.31. The first-order chi connectivity index (χ1) is 6.27. The number of hydrogen-bond donors (Lipinski definition) is 1. The fraction of sp³-hybridized carbons (Fsp3) is 1.00. The molecule has 0 bridgehead atoms. The van der Waals surface area contributed by atoms with Crippen molar-refractivity contribution in [3.63, 3.8) is 0 Å². The van der Waals surface area contributed by atoms with E-state index in [1.807, 2.05) is 0 Å². The predicted octanol–water partition coefficient (Wildman–Crippen LogP) is 2.32. The van der Waals surface area contributed by atoms with E-state index in [0.29, 0.717) is 0 Å². The van der Waals surface area contributed by atoms with Crippen LogP contribution < -0.4 is 5.73 Å². The molecule has 0 radical (unpaired) electrons. The maximum absolute atomic E-state index is 6.10. The van der Waals surface area contributed by atoms with Crippen molar-refractivity contribution in [3.05, 3.63) is 0 Å². The highest BCUT2D eigenvalue weighted by atomic mass is 16.5. The minimum absolute atomic E-state index is 0.259. The Morgan fingerprint density at radius 1 is 1.46 bits per heavy atom. The van der Waals surface area contributed by atoms with Crippen LogP contribution in [0.15, 0.2) is 0 Å². The third kappa shape index (κ3) is 3.28. The van der Waals surface area contributed by atoms with Gasteiger partial charge >= 0.3 is 0 Å². The Hall–Kier alpha value is -0.0800. The average Bonchev–Trinajstić information content (AvgIpc) is 2.07. The van der Waals surface area contributed by atoms with Crippen LogP contribution in [0.3, 0.4) is 0 Å². The maximum Gasteiger partial charge on any atom is 0.0722 e. The lowest BCUT2D eigenvalue weighted by Crippen LogP contribution is -2.38. The van der Waals surface area contributed by atoms with Crippen molar-refractivity contribution in [3.8, 4) is 0 Å². The van der Waals surface area contributed by atoms with Gasteiger partial charge in [0, 0.05) is 13.2 Å². The van der Waals surface area contributed by atoms with E-state index in [-0.39, 0.29) is 12.1 Å². The highest BCUT2D eigenvalue weighted by molar-refractivity contribution is 4.80. The summed E-state index contributed by atoms with van der Waals surface area (Å²) in [4.78, 5) is 0. The summed E-state index contributed by atoms with van der Waals surface area (Å²) in [5.74, 6) is 0.893. The summed E-state index contributed by atoms with van der Waals surface area (Å²) >= 11 is 0. The van der Waals surface area contributed by atoms with Crippen LogP contribution in [-0.2, 0) is 4.74 Å². The minimum Gasteiger partial charge on any atom is -0.380 e. The Morgan fingerprint density at radius 2 is 2.15 bits per heavy atom. The summed E-state index contributed by atoms with van der Waals surface area (Å²) < 4.78 is 5.40. The van der Waals surface area contributed by atoms with Crippen molar-refractivity contribution in [2.45, 2.75) is 57.6 Å². The van der Waals surface area contributed by atoms with Crippen molar-refractivity contribution in [2.75, 3.05) is 7.11 Å². The van der Waals surface area contributed by atoms with E-state index in [1.54, 1.807) is 7.11 Å². The molecule has 13 heavy (non-hydrogen) atoms. The van der Waals surface area contributed by atoms with Gasteiger partial charge in [-0.25, -0.2) is 0 Å². The van der Waals surface area contributed by atoms with Crippen LogP contribution in [0.5, 0.6) is 0 Å². The fourth-order valence-corrected chi connectivity index (χ4v) is 2.06. The van der Waals surface area contributed by atoms with Gasteiger partial charge in [0.25, 0.3) is 0 Å². The summed E-state index contributed by atoms with van der Waals surface area (Å²) in [5.41, 5.74) is 6.10. The Morgan fingerprint density at radius 3 is 2.54 bits per heavy atom. The summed E-state index contributed by atoms with van der Waals surface area (Å²) in [6.45, 7) is 2.18. The van der Waals surface area contributed by atoms with Crippen LogP contribution in [0, 0.1) is 5.92 Å². The van der Waals surface area contributed by atoms with Crippen molar-refractivity contribution in [2.24, 2.45) is 11.7 Å². The normalized spacial score (nSPS) is 22.4. The summed E-state index contributed by atoms with van der Waals surface area (Å²) in [7, 11) is 1.78. The van der Waals surface area contributed by atoms with E-state index in [4.69, 9.17) is 10.5 Å². The molecule has 2 nitrogen and oxygen atoms in total. The van der Waals surface area contributed by atoms with E-state index >= 15 is 0 Å². The Kier molecular flexibility index (Phi) is 4.74. The summed E-state index contributed by atoms with van der Waals surface area (Å²) in [5, 5.41) is 0. The summed E-state index contributed by atoms with van der Waals surface area (Å²) in [6, 6.07) is 0.259. The SMILES string of the molecule is CCCC(OC)C(N)CC1CCC1. The smallest absolute Gasteiger partial charge is 0.0722 e. The first-order valence-corrected chi connectivity index (χ1v) is 5.56. The lowest BCUT2D eigenvalue weighted by atomic mass is 9.80. The van der Waals surface area contributed by atoms with Crippen molar-refractivity contribution < 1.29 is 4.74 Å². The molecule has 0 aromatic carbocycles. The molecular weight excluding hydrogens is 162 g/mol. The van der Waals surface area contributed by atoms with Crippen LogP contribution >= 0.6 is 0 Å². The molecular formula is C11H23NO. The number of ether oxygens (including phenoxy) is 1.